The molecule has 0 radical (unpaired) electrons. The second-order valence-electron chi connectivity index (χ2n) is 14.8. The van der Waals surface area contributed by atoms with Crippen LogP contribution in [0.15, 0.2) is 224 Å². The lowest BCUT2D eigenvalue weighted by atomic mass is 9.81. The first-order chi connectivity index (χ1) is 28.3. The molecule has 1 heterocycles. The molecule has 0 aliphatic rings. The number of fused-ring (bicyclic) bond motifs is 4. The maximum atomic E-state index is 2.45. The average molecular weight is 724 g/mol. The number of nitrogens with zero attached hydrogens (tertiary/aromatic N) is 1. The normalized spacial score (nSPS) is 11.5. The van der Waals surface area contributed by atoms with Crippen molar-refractivity contribution in [1.82, 2.24) is 4.57 Å². The van der Waals surface area contributed by atoms with Crippen molar-refractivity contribution >= 4 is 43.1 Å². The van der Waals surface area contributed by atoms with E-state index in [4.69, 9.17) is 0 Å². The maximum Gasteiger partial charge on any atom is 0.0535 e. The number of hydrogen-bond acceptors (Lipinski definition) is 0. The van der Waals surface area contributed by atoms with Gasteiger partial charge in [0.25, 0.3) is 0 Å². The van der Waals surface area contributed by atoms with E-state index in [0.29, 0.717) is 0 Å². The van der Waals surface area contributed by atoms with Gasteiger partial charge in [0.05, 0.1) is 11.4 Å². The summed E-state index contributed by atoms with van der Waals surface area (Å²) in [6.45, 7) is 0. The van der Waals surface area contributed by atoms with E-state index in [-0.39, 0.29) is 0 Å². The molecule has 0 amide bonds. The number of benzene rings is 10. The van der Waals surface area contributed by atoms with E-state index < -0.39 is 0 Å². The van der Waals surface area contributed by atoms with Gasteiger partial charge in [0.1, 0.15) is 0 Å². The fourth-order valence-corrected chi connectivity index (χ4v) is 9.01. The molecular weight excluding hydrogens is 687 g/mol. The summed E-state index contributed by atoms with van der Waals surface area (Å²) in [5, 5.41) is 9.87. The van der Waals surface area contributed by atoms with Gasteiger partial charge in [-0.3, -0.25) is 0 Å². The van der Waals surface area contributed by atoms with Gasteiger partial charge in [-0.25, -0.2) is 0 Å². The minimum atomic E-state index is 1.12. The predicted octanol–water partition coefficient (Wildman–Crippen LogP) is 15.4. The second kappa shape index (κ2) is 13.7. The highest BCUT2D eigenvalue weighted by Crippen LogP contribution is 2.49. The summed E-state index contributed by atoms with van der Waals surface area (Å²) < 4.78 is 2.44. The van der Waals surface area contributed by atoms with Crippen molar-refractivity contribution in [2.75, 3.05) is 0 Å². The van der Waals surface area contributed by atoms with Gasteiger partial charge >= 0.3 is 0 Å². The molecule has 0 saturated heterocycles. The van der Waals surface area contributed by atoms with Crippen molar-refractivity contribution in [2.45, 2.75) is 0 Å². The van der Waals surface area contributed by atoms with Crippen LogP contribution in [0.1, 0.15) is 0 Å². The summed E-state index contributed by atoms with van der Waals surface area (Å²) in [4.78, 5) is 0. The third kappa shape index (κ3) is 5.55. The highest BCUT2D eigenvalue weighted by Gasteiger charge is 2.23. The molecule has 0 unspecified atom stereocenters. The molecule has 11 rings (SSSR count). The van der Waals surface area contributed by atoms with E-state index in [9.17, 15) is 0 Å². The molecule has 0 atom stereocenters. The molecule has 0 fully saturated rings. The maximum absolute atomic E-state index is 2.45. The summed E-state index contributed by atoms with van der Waals surface area (Å²) in [5.41, 5.74) is 13.2. The summed E-state index contributed by atoms with van der Waals surface area (Å²) >= 11 is 0. The van der Waals surface area contributed by atoms with Gasteiger partial charge in [-0.15, -0.1) is 0 Å². The first-order valence-electron chi connectivity index (χ1n) is 19.7. The van der Waals surface area contributed by atoms with E-state index in [1.165, 1.54) is 87.6 Å². The molecule has 0 bridgehead atoms. The van der Waals surface area contributed by atoms with Gasteiger partial charge in [-0.05, 0) is 118 Å². The second-order valence-corrected chi connectivity index (χ2v) is 14.8. The molecule has 0 N–H and O–H groups in total. The Morgan fingerprint density at radius 1 is 0.246 bits per heavy atom. The van der Waals surface area contributed by atoms with Crippen LogP contribution in [-0.2, 0) is 0 Å². The molecule has 0 aliphatic carbocycles. The summed E-state index contributed by atoms with van der Waals surface area (Å²) in [6, 6.07) is 82.2. The Kier molecular flexibility index (Phi) is 7.89. The molecule has 1 aromatic heterocycles. The van der Waals surface area contributed by atoms with E-state index in [1.54, 1.807) is 0 Å². The zero-order valence-electron chi connectivity index (χ0n) is 31.3. The summed E-state index contributed by atoms with van der Waals surface area (Å²) in [7, 11) is 0. The van der Waals surface area contributed by atoms with Gasteiger partial charge in [-0.2, -0.15) is 0 Å². The lowest BCUT2D eigenvalue weighted by Crippen LogP contribution is -2.01. The van der Waals surface area contributed by atoms with Crippen LogP contribution >= 0.6 is 0 Å². The third-order valence-corrected chi connectivity index (χ3v) is 11.6. The van der Waals surface area contributed by atoms with Gasteiger partial charge in [0, 0.05) is 5.69 Å². The van der Waals surface area contributed by atoms with Gasteiger partial charge in [0.2, 0.25) is 0 Å². The van der Waals surface area contributed by atoms with Gasteiger partial charge in [-0.1, -0.05) is 194 Å². The van der Waals surface area contributed by atoms with Crippen molar-refractivity contribution in [2.24, 2.45) is 0 Å². The van der Waals surface area contributed by atoms with Crippen LogP contribution in [0.2, 0.25) is 0 Å². The van der Waals surface area contributed by atoms with E-state index >= 15 is 0 Å². The smallest absolute Gasteiger partial charge is 0.0535 e. The Bertz CT molecular complexity index is 3210. The van der Waals surface area contributed by atoms with Crippen LogP contribution in [0, 0.1) is 0 Å². The van der Waals surface area contributed by atoms with Gasteiger partial charge < -0.3 is 4.57 Å². The van der Waals surface area contributed by atoms with Crippen LogP contribution in [0.4, 0.5) is 0 Å². The quantitative estimate of drug-likeness (QED) is 0.151. The number of aromatic nitrogens is 1. The van der Waals surface area contributed by atoms with Crippen LogP contribution in [0.5, 0.6) is 0 Å². The van der Waals surface area contributed by atoms with Crippen molar-refractivity contribution in [3.8, 4) is 61.6 Å². The zero-order valence-corrected chi connectivity index (χ0v) is 31.3. The standard InChI is InChI=1S/C56H37N/c1-4-17-39(18-5-1)47-32-30-40-19-12-13-25-46(40)55(47)56-49-27-15-14-26-48(49)54(44-29-28-38-16-10-11-24-43(38)36-44)51-37-45(31-33-50(51)56)57-52(41-20-6-2-7-21-41)34-35-53(57)42-22-8-3-9-23-42/h1-37H. The van der Waals surface area contributed by atoms with Crippen molar-refractivity contribution in [1.29, 1.82) is 0 Å². The Morgan fingerprint density at radius 3 is 1.42 bits per heavy atom. The number of rotatable bonds is 6. The van der Waals surface area contributed by atoms with Crippen molar-refractivity contribution in [3.05, 3.63) is 224 Å². The highest BCUT2D eigenvalue weighted by atomic mass is 15.0. The largest absolute Gasteiger partial charge is 0.309 e. The Balaban J connectivity index is 1.30. The molecule has 0 spiro atoms. The topological polar surface area (TPSA) is 4.93 Å². The van der Waals surface area contributed by atoms with Crippen LogP contribution in [-0.4, -0.2) is 4.57 Å². The first kappa shape index (κ1) is 32.9. The van der Waals surface area contributed by atoms with E-state index in [0.717, 1.165) is 17.1 Å². The molecular formula is C56H37N. The zero-order chi connectivity index (χ0) is 37.7. The predicted molar refractivity (Wildman–Crippen MR) is 243 cm³/mol. The van der Waals surface area contributed by atoms with Crippen molar-refractivity contribution < 1.29 is 0 Å². The Hall–Kier alpha value is -7.48. The lowest BCUT2D eigenvalue weighted by molar-refractivity contribution is 1.10. The SMILES string of the molecule is c1ccc(-c2ccc3ccccc3c2-c2c3ccccc3c(-c3ccc4ccccc4c3)c3cc(-n4c(-c5ccccc5)ccc4-c4ccccc4)ccc23)cc1. The average Bonchev–Trinajstić information content (AvgIpc) is 3.74. The lowest BCUT2D eigenvalue weighted by Gasteiger charge is -2.23. The molecule has 11 aromatic rings. The fraction of sp³-hybridized carbons (Fsp3) is 0. The van der Waals surface area contributed by atoms with Crippen LogP contribution in [0.25, 0.3) is 105 Å². The Labute approximate surface area is 332 Å². The molecule has 0 saturated carbocycles. The molecule has 266 valence electrons. The molecule has 57 heavy (non-hydrogen) atoms. The Morgan fingerprint density at radius 2 is 0.754 bits per heavy atom. The minimum Gasteiger partial charge on any atom is -0.309 e. The van der Waals surface area contributed by atoms with Crippen molar-refractivity contribution in [3.63, 3.8) is 0 Å². The fourth-order valence-electron chi connectivity index (χ4n) is 9.01. The minimum absolute atomic E-state index is 1.12. The summed E-state index contributed by atoms with van der Waals surface area (Å²) in [5.74, 6) is 0. The first-order valence-corrected chi connectivity index (χ1v) is 19.7. The van der Waals surface area contributed by atoms with Gasteiger partial charge in [0.15, 0.2) is 0 Å². The molecule has 0 aliphatic heterocycles. The number of hydrogen-bond donors (Lipinski definition) is 0. The van der Waals surface area contributed by atoms with Crippen LogP contribution in [0.3, 0.4) is 0 Å². The molecule has 1 nitrogen and oxygen atoms in total. The van der Waals surface area contributed by atoms with E-state index in [1.807, 2.05) is 0 Å². The third-order valence-electron chi connectivity index (χ3n) is 11.6. The highest BCUT2D eigenvalue weighted by molar-refractivity contribution is 6.25. The summed E-state index contributed by atoms with van der Waals surface area (Å²) in [6.07, 6.45) is 0. The monoisotopic (exact) mass is 723 g/mol. The molecule has 1 heteroatoms. The van der Waals surface area contributed by atoms with Crippen LogP contribution < -0.4 is 0 Å². The van der Waals surface area contributed by atoms with E-state index in [2.05, 4.69) is 229 Å². The molecule has 10 aromatic carbocycles.